The number of carbonyl (C=O) groups is 1. The van der Waals surface area contributed by atoms with Crippen LogP contribution in [0.2, 0.25) is 0 Å². The highest BCUT2D eigenvalue weighted by atomic mass is 19.4. The van der Waals surface area contributed by atoms with Crippen molar-refractivity contribution in [1.82, 2.24) is 9.97 Å². The number of hydrogen-bond acceptors (Lipinski definition) is 6. The highest BCUT2D eigenvalue weighted by Crippen LogP contribution is 2.34. The number of rotatable bonds is 5. The number of Topliss-reactive ketones (excluding diaryl/α,β-unsaturated/α-hetero) is 1. The SMILES string of the molecule is COc1ccccc1Nc1nc(Nc2cccc(C(F)(F)F)c2)nc2c1C(=O)CCC2. The first-order valence-electron chi connectivity index (χ1n) is 9.63. The van der Waals surface area contributed by atoms with Gasteiger partial charge in [0.15, 0.2) is 5.78 Å². The summed E-state index contributed by atoms with van der Waals surface area (Å²) >= 11 is 0. The van der Waals surface area contributed by atoms with Gasteiger partial charge in [-0.3, -0.25) is 4.79 Å². The molecule has 0 fully saturated rings. The number of hydrogen-bond donors (Lipinski definition) is 2. The monoisotopic (exact) mass is 428 g/mol. The number of carbonyl (C=O) groups excluding carboxylic acids is 1. The van der Waals surface area contributed by atoms with E-state index in [4.69, 9.17) is 4.74 Å². The summed E-state index contributed by atoms with van der Waals surface area (Å²) < 4.78 is 44.4. The molecular weight excluding hydrogens is 409 g/mol. The fraction of sp³-hybridized carbons (Fsp3) is 0.227. The summed E-state index contributed by atoms with van der Waals surface area (Å²) in [6.07, 6.45) is -2.85. The number of alkyl halides is 3. The maximum atomic E-state index is 13.0. The molecule has 2 N–H and O–H groups in total. The van der Waals surface area contributed by atoms with Crippen LogP contribution in [0.25, 0.3) is 0 Å². The predicted molar refractivity (Wildman–Crippen MR) is 110 cm³/mol. The van der Waals surface area contributed by atoms with Gasteiger partial charge in [-0.15, -0.1) is 0 Å². The molecule has 4 rings (SSSR count). The van der Waals surface area contributed by atoms with E-state index in [0.717, 1.165) is 12.1 Å². The van der Waals surface area contributed by atoms with Gasteiger partial charge in [-0.25, -0.2) is 4.98 Å². The van der Waals surface area contributed by atoms with Crippen LogP contribution in [-0.2, 0) is 12.6 Å². The first kappa shape index (κ1) is 20.6. The highest BCUT2D eigenvalue weighted by molar-refractivity contribution is 6.03. The van der Waals surface area contributed by atoms with Crippen LogP contribution in [0.1, 0.15) is 34.5 Å². The van der Waals surface area contributed by atoms with E-state index in [9.17, 15) is 18.0 Å². The van der Waals surface area contributed by atoms with Gasteiger partial charge in [-0.2, -0.15) is 18.2 Å². The lowest BCUT2D eigenvalue weighted by atomic mass is 9.95. The van der Waals surface area contributed by atoms with Crippen molar-refractivity contribution < 1.29 is 22.7 Å². The van der Waals surface area contributed by atoms with Gasteiger partial charge in [0.1, 0.15) is 11.6 Å². The summed E-state index contributed by atoms with van der Waals surface area (Å²) in [4.78, 5) is 21.4. The average molecular weight is 428 g/mol. The Kier molecular flexibility index (Phi) is 5.50. The molecule has 9 heteroatoms. The Balaban J connectivity index is 1.73. The minimum absolute atomic E-state index is 0.0794. The van der Waals surface area contributed by atoms with E-state index in [-0.39, 0.29) is 23.2 Å². The molecule has 0 atom stereocenters. The van der Waals surface area contributed by atoms with Crippen molar-refractivity contribution in [2.75, 3.05) is 17.7 Å². The second-order valence-corrected chi connectivity index (χ2v) is 7.02. The van der Waals surface area contributed by atoms with E-state index in [1.165, 1.54) is 19.2 Å². The molecule has 0 unspecified atom stereocenters. The summed E-state index contributed by atoms with van der Waals surface area (Å²) in [7, 11) is 1.53. The second kappa shape index (κ2) is 8.25. The van der Waals surface area contributed by atoms with Crippen LogP contribution in [-0.4, -0.2) is 22.9 Å². The maximum Gasteiger partial charge on any atom is 0.416 e. The number of methoxy groups -OCH3 is 1. The lowest BCUT2D eigenvalue weighted by Crippen LogP contribution is -2.18. The van der Waals surface area contributed by atoms with Crippen LogP contribution in [0.3, 0.4) is 0 Å². The van der Waals surface area contributed by atoms with Crippen LogP contribution < -0.4 is 15.4 Å². The zero-order chi connectivity index (χ0) is 22.0. The van der Waals surface area contributed by atoms with E-state index in [2.05, 4.69) is 20.6 Å². The molecule has 2 aromatic carbocycles. The number of nitrogens with one attached hydrogen (secondary N) is 2. The summed E-state index contributed by atoms with van der Waals surface area (Å²) in [5.41, 5.74) is 0.970. The summed E-state index contributed by atoms with van der Waals surface area (Å²) in [5.74, 6) is 0.869. The molecule has 1 aliphatic rings. The van der Waals surface area contributed by atoms with Gasteiger partial charge in [0.25, 0.3) is 0 Å². The Morgan fingerprint density at radius 2 is 1.81 bits per heavy atom. The fourth-order valence-electron chi connectivity index (χ4n) is 3.45. The molecule has 0 bridgehead atoms. The van der Waals surface area contributed by atoms with Crippen molar-refractivity contribution in [3.8, 4) is 5.75 Å². The third-order valence-corrected chi connectivity index (χ3v) is 4.89. The molecule has 160 valence electrons. The van der Waals surface area contributed by atoms with Crippen LogP contribution in [0, 0.1) is 0 Å². The number of nitrogens with zero attached hydrogens (tertiary/aromatic N) is 2. The van der Waals surface area contributed by atoms with E-state index < -0.39 is 11.7 Å². The standard InChI is InChI=1S/C22H19F3N4O2/c1-31-18-11-3-2-8-15(18)27-20-19-16(9-5-10-17(19)30)28-21(29-20)26-14-7-4-6-13(12-14)22(23,24)25/h2-4,6-8,11-12H,5,9-10H2,1H3,(H2,26,27,28,29). The van der Waals surface area contributed by atoms with Gasteiger partial charge in [-0.05, 0) is 43.2 Å². The zero-order valence-corrected chi connectivity index (χ0v) is 16.6. The minimum atomic E-state index is -4.46. The molecule has 0 spiro atoms. The maximum absolute atomic E-state index is 13.0. The fourth-order valence-corrected chi connectivity index (χ4v) is 3.45. The summed E-state index contributed by atoms with van der Waals surface area (Å²) in [6, 6.07) is 11.9. The van der Waals surface area contributed by atoms with Crippen LogP contribution in [0.5, 0.6) is 5.75 Å². The topological polar surface area (TPSA) is 76.1 Å². The average Bonchev–Trinajstić information content (AvgIpc) is 2.73. The van der Waals surface area contributed by atoms with Gasteiger partial charge in [0.05, 0.1) is 29.6 Å². The number of ether oxygens (including phenoxy) is 1. The van der Waals surface area contributed by atoms with Gasteiger partial charge in [0, 0.05) is 12.1 Å². The number of halogens is 3. The molecule has 31 heavy (non-hydrogen) atoms. The Hall–Kier alpha value is -3.62. The van der Waals surface area contributed by atoms with Crippen LogP contribution in [0.4, 0.5) is 36.3 Å². The van der Waals surface area contributed by atoms with Gasteiger partial charge >= 0.3 is 6.18 Å². The number of fused-ring (bicyclic) bond motifs is 1. The van der Waals surface area contributed by atoms with Crippen molar-refractivity contribution in [3.63, 3.8) is 0 Å². The van der Waals surface area contributed by atoms with Gasteiger partial charge < -0.3 is 15.4 Å². The Labute approximate surface area is 176 Å². The quantitative estimate of drug-likeness (QED) is 0.558. The lowest BCUT2D eigenvalue weighted by molar-refractivity contribution is -0.137. The third-order valence-electron chi connectivity index (χ3n) is 4.89. The van der Waals surface area contributed by atoms with Crippen LogP contribution >= 0.6 is 0 Å². The minimum Gasteiger partial charge on any atom is -0.495 e. The molecule has 0 amide bonds. The Morgan fingerprint density at radius 3 is 2.58 bits per heavy atom. The van der Waals surface area contributed by atoms with E-state index in [1.807, 2.05) is 12.1 Å². The van der Waals surface area contributed by atoms with E-state index >= 15 is 0 Å². The van der Waals surface area contributed by atoms with Crippen molar-refractivity contribution in [1.29, 1.82) is 0 Å². The van der Waals surface area contributed by atoms with Gasteiger partial charge in [0.2, 0.25) is 5.95 Å². The van der Waals surface area contributed by atoms with Gasteiger partial charge in [-0.1, -0.05) is 18.2 Å². The summed E-state index contributed by atoms with van der Waals surface area (Å²) in [5, 5.41) is 5.96. The highest BCUT2D eigenvalue weighted by Gasteiger charge is 2.30. The van der Waals surface area contributed by atoms with Crippen molar-refractivity contribution >= 4 is 28.9 Å². The molecule has 6 nitrogen and oxygen atoms in total. The molecule has 1 aromatic heterocycles. The predicted octanol–water partition coefficient (Wildman–Crippen LogP) is 5.51. The number of ketones is 1. The normalized spacial score (nSPS) is 13.5. The molecule has 0 saturated heterocycles. The van der Waals surface area contributed by atoms with E-state index in [0.29, 0.717) is 42.0 Å². The molecule has 1 aliphatic carbocycles. The first-order chi connectivity index (χ1) is 14.8. The molecule has 1 heterocycles. The largest absolute Gasteiger partial charge is 0.495 e. The van der Waals surface area contributed by atoms with Crippen molar-refractivity contribution in [2.24, 2.45) is 0 Å². The molecule has 0 aliphatic heterocycles. The van der Waals surface area contributed by atoms with E-state index in [1.54, 1.807) is 12.1 Å². The van der Waals surface area contributed by atoms with Crippen LogP contribution in [0.15, 0.2) is 48.5 Å². The molecular formula is C22H19F3N4O2. The number of para-hydroxylation sites is 2. The third kappa shape index (κ3) is 4.45. The molecule has 0 radical (unpaired) electrons. The van der Waals surface area contributed by atoms with Crippen molar-refractivity contribution in [2.45, 2.75) is 25.4 Å². The van der Waals surface area contributed by atoms with Crippen molar-refractivity contribution in [3.05, 3.63) is 65.4 Å². The number of anilines is 4. The Bertz CT molecular complexity index is 1130. The lowest BCUT2D eigenvalue weighted by Gasteiger charge is -2.20. The zero-order valence-electron chi connectivity index (χ0n) is 16.6. The molecule has 3 aromatic rings. The Morgan fingerprint density at radius 1 is 1.00 bits per heavy atom. The first-order valence-corrected chi connectivity index (χ1v) is 9.63. The number of aryl methyl sites for hydroxylation is 1. The molecule has 0 saturated carbocycles. The second-order valence-electron chi connectivity index (χ2n) is 7.02. The number of benzene rings is 2. The smallest absolute Gasteiger partial charge is 0.416 e. The summed E-state index contributed by atoms with van der Waals surface area (Å²) in [6.45, 7) is 0. The number of aromatic nitrogens is 2.